The molecule has 3 fully saturated rings. The van der Waals surface area contributed by atoms with E-state index in [-0.39, 0.29) is 0 Å². The monoisotopic (exact) mass is 444 g/mol. The van der Waals surface area contributed by atoms with Crippen molar-refractivity contribution in [2.75, 3.05) is 0 Å². The van der Waals surface area contributed by atoms with E-state index in [4.69, 9.17) is 0 Å². The first-order chi connectivity index (χ1) is 15.7. The van der Waals surface area contributed by atoms with Gasteiger partial charge in [-0.05, 0) is 60.7 Å². The summed E-state index contributed by atoms with van der Waals surface area (Å²) in [4.78, 5) is 0. The van der Waals surface area contributed by atoms with E-state index < -0.39 is 0 Å². The SMILES string of the molecule is CCCC1CCCCC(C2CCCCC(C3CCCCCC(C)C3)CC(CC)C2)CCC1. The molecule has 32 heavy (non-hydrogen) atoms. The van der Waals surface area contributed by atoms with E-state index in [0.717, 1.165) is 41.4 Å². The van der Waals surface area contributed by atoms with Crippen LogP contribution in [0.15, 0.2) is 0 Å². The summed E-state index contributed by atoms with van der Waals surface area (Å²) >= 11 is 0. The lowest BCUT2D eigenvalue weighted by atomic mass is 9.71. The Morgan fingerprint density at radius 2 is 0.969 bits per heavy atom. The molecule has 3 saturated carbocycles. The fourth-order valence-electron chi connectivity index (χ4n) is 8.41. The molecule has 0 heterocycles. The van der Waals surface area contributed by atoms with Gasteiger partial charge in [0.1, 0.15) is 0 Å². The Kier molecular flexibility index (Phi) is 12.5. The van der Waals surface area contributed by atoms with Gasteiger partial charge in [-0.1, -0.05) is 143 Å². The van der Waals surface area contributed by atoms with Crippen molar-refractivity contribution in [1.29, 1.82) is 0 Å². The van der Waals surface area contributed by atoms with Crippen LogP contribution in [0.4, 0.5) is 0 Å². The first-order valence-corrected chi connectivity index (χ1v) is 15.7. The molecule has 0 aromatic carbocycles. The summed E-state index contributed by atoms with van der Waals surface area (Å²) in [6, 6.07) is 0. The molecule has 0 aliphatic heterocycles. The van der Waals surface area contributed by atoms with Crippen LogP contribution in [0.2, 0.25) is 0 Å². The molecular weight excluding hydrogens is 384 g/mol. The van der Waals surface area contributed by atoms with Crippen LogP contribution in [-0.2, 0) is 0 Å². The number of hydrogen-bond donors (Lipinski definition) is 0. The van der Waals surface area contributed by atoms with Crippen molar-refractivity contribution in [3.63, 3.8) is 0 Å². The van der Waals surface area contributed by atoms with Gasteiger partial charge < -0.3 is 0 Å². The van der Waals surface area contributed by atoms with Crippen LogP contribution in [-0.4, -0.2) is 0 Å². The van der Waals surface area contributed by atoms with Gasteiger partial charge in [-0.25, -0.2) is 0 Å². The maximum atomic E-state index is 2.56. The first kappa shape index (κ1) is 26.6. The van der Waals surface area contributed by atoms with E-state index in [1.165, 1.54) is 89.9 Å². The van der Waals surface area contributed by atoms with Crippen LogP contribution in [0.1, 0.15) is 162 Å². The Morgan fingerprint density at radius 1 is 0.469 bits per heavy atom. The zero-order chi connectivity index (χ0) is 22.6. The standard InChI is InChI=1S/C32H60/c1-4-14-28-16-9-10-18-29(22-13-17-28)31-20-11-12-21-32(25-27(5-2)24-31)30-19-8-6-7-15-26(3)23-30/h26-32H,4-25H2,1-3H3. The molecule has 0 saturated heterocycles. The lowest BCUT2D eigenvalue weighted by Gasteiger charge is -2.34. The van der Waals surface area contributed by atoms with Crippen LogP contribution in [0.3, 0.4) is 0 Å². The zero-order valence-electron chi connectivity index (χ0n) is 22.6. The van der Waals surface area contributed by atoms with Crippen molar-refractivity contribution in [2.24, 2.45) is 41.4 Å². The summed E-state index contributed by atoms with van der Waals surface area (Å²) in [5, 5.41) is 0. The normalized spacial score (nSPS) is 39.3. The minimum atomic E-state index is 0.983. The van der Waals surface area contributed by atoms with Gasteiger partial charge in [0.2, 0.25) is 0 Å². The third kappa shape index (κ3) is 8.98. The predicted octanol–water partition coefficient (Wildman–Crippen LogP) is 11.0. The van der Waals surface area contributed by atoms with Gasteiger partial charge in [-0.2, -0.15) is 0 Å². The van der Waals surface area contributed by atoms with E-state index in [2.05, 4.69) is 20.8 Å². The average molecular weight is 445 g/mol. The minimum absolute atomic E-state index is 0.983. The third-order valence-electron chi connectivity index (χ3n) is 10.4. The molecule has 7 unspecified atom stereocenters. The molecule has 3 aliphatic rings. The summed E-state index contributed by atoms with van der Waals surface area (Å²) in [6.07, 6.45) is 33.6. The molecule has 188 valence electrons. The second kappa shape index (κ2) is 15.1. The van der Waals surface area contributed by atoms with Crippen molar-refractivity contribution in [1.82, 2.24) is 0 Å². The van der Waals surface area contributed by atoms with Gasteiger partial charge in [-0.15, -0.1) is 0 Å². The van der Waals surface area contributed by atoms with E-state index in [0.29, 0.717) is 0 Å². The summed E-state index contributed by atoms with van der Waals surface area (Å²) in [6.45, 7) is 7.47. The molecule has 3 aliphatic carbocycles. The van der Waals surface area contributed by atoms with Gasteiger partial charge in [0, 0.05) is 0 Å². The highest BCUT2D eigenvalue weighted by Gasteiger charge is 2.31. The molecule has 7 atom stereocenters. The van der Waals surface area contributed by atoms with Crippen LogP contribution >= 0.6 is 0 Å². The molecule has 0 spiro atoms. The minimum Gasteiger partial charge on any atom is -0.0654 e. The highest BCUT2D eigenvalue weighted by Crippen LogP contribution is 2.43. The van der Waals surface area contributed by atoms with Crippen LogP contribution in [0, 0.1) is 41.4 Å². The fraction of sp³-hybridized carbons (Fsp3) is 1.00. The average Bonchev–Trinajstić information content (AvgIpc) is 2.95. The summed E-state index contributed by atoms with van der Waals surface area (Å²) in [5.74, 6) is 7.26. The molecule has 0 bridgehead atoms. The number of rotatable bonds is 5. The maximum Gasteiger partial charge on any atom is -0.0383 e. The van der Waals surface area contributed by atoms with E-state index in [9.17, 15) is 0 Å². The Labute approximate surface area is 203 Å². The van der Waals surface area contributed by atoms with E-state index in [1.54, 1.807) is 51.4 Å². The second-order valence-corrected chi connectivity index (χ2v) is 12.9. The van der Waals surface area contributed by atoms with Crippen molar-refractivity contribution in [3.05, 3.63) is 0 Å². The lowest BCUT2D eigenvalue weighted by Crippen LogP contribution is -2.23. The molecule has 0 radical (unpaired) electrons. The molecule has 0 aromatic heterocycles. The Hall–Kier alpha value is 0. The largest absolute Gasteiger partial charge is 0.0654 e. The van der Waals surface area contributed by atoms with Crippen molar-refractivity contribution in [2.45, 2.75) is 162 Å². The second-order valence-electron chi connectivity index (χ2n) is 12.9. The first-order valence-electron chi connectivity index (χ1n) is 15.7. The van der Waals surface area contributed by atoms with Crippen molar-refractivity contribution >= 4 is 0 Å². The third-order valence-corrected chi connectivity index (χ3v) is 10.4. The molecule has 0 amide bonds. The highest BCUT2D eigenvalue weighted by atomic mass is 14.4. The quantitative estimate of drug-likeness (QED) is 0.395. The molecule has 0 N–H and O–H groups in total. The zero-order valence-corrected chi connectivity index (χ0v) is 22.6. The summed E-state index contributed by atoms with van der Waals surface area (Å²) in [7, 11) is 0. The predicted molar refractivity (Wildman–Crippen MR) is 143 cm³/mol. The van der Waals surface area contributed by atoms with Crippen LogP contribution in [0.5, 0.6) is 0 Å². The Morgan fingerprint density at radius 3 is 1.66 bits per heavy atom. The molecular formula is C32H60. The van der Waals surface area contributed by atoms with E-state index in [1.807, 2.05) is 0 Å². The summed E-state index contributed by atoms with van der Waals surface area (Å²) < 4.78 is 0. The van der Waals surface area contributed by atoms with Crippen LogP contribution < -0.4 is 0 Å². The van der Waals surface area contributed by atoms with Gasteiger partial charge >= 0.3 is 0 Å². The molecule has 0 nitrogen and oxygen atoms in total. The van der Waals surface area contributed by atoms with Crippen molar-refractivity contribution < 1.29 is 0 Å². The van der Waals surface area contributed by atoms with E-state index >= 15 is 0 Å². The summed E-state index contributed by atoms with van der Waals surface area (Å²) in [5.41, 5.74) is 0. The smallest absolute Gasteiger partial charge is 0.0383 e. The fourth-order valence-corrected chi connectivity index (χ4v) is 8.41. The molecule has 0 aromatic rings. The highest BCUT2D eigenvalue weighted by molar-refractivity contribution is 4.82. The Balaban J connectivity index is 1.59. The van der Waals surface area contributed by atoms with Gasteiger partial charge in [0.05, 0.1) is 0 Å². The van der Waals surface area contributed by atoms with Crippen LogP contribution in [0.25, 0.3) is 0 Å². The lowest BCUT2D eigenvalue weighted by molar-refractivity contribution is 0.167. The Bertz CT molecular complexity index is 467. The van der Waals surface area contributed by atoms with Crippen molar-refractivity contribution in [3.8, 4) is 0 Å². The molecule has 0 heteroatoms. The number of hydrogen-bond acceptors (Lipinski definition) is 0. The van der Waals surface area contributed by atoms with Gasteiger partial charge in [0.15, 0.2) is 0 Å². The maximum absolute atomic E-state index is 2.56. The van der Waals surface area contributed by atoms with Gasteiger partial charge in [-0.3, -0.25) is 0 Å². The topological polar surface area (TPSA) is 0 Å². The van der Waals surface area contributed by atoms with Gasteiger partial charge in [0.25, 0.3) is 0 Å². The molecule has 3 rings (SSSR count).